The molecule has 3 rings (SSSR count). The molecular formula is C15H13F2N5. The zero-order valence-corrected chi connectivity index (χ0v) is 11.6. The number of anilines is 2. The van der Waals surface area contributed by atoms with Crippen LogP contribution in [-0.4, -0.2) is 29.1 Å². The first-order valence-electron chi connectivity index (χ1n) is 6.85. The van der Waals surface area contributed by atoms with E-state index in [-0.39, 0.29) is 17.4 Å². The average Bonchev–Trinajstić information content (AvgIpc) is 2.96. The van der Waals surface area contributed by atoms with E-state index in [1.807, 2.05) is 6.07 Å². The van der Waals surface area contributed by atoms with Crippen LogP contribution in [0.1, 0.15) is 12.1 Å². The van der Waals surface area contributed by atoms with Gasteiger partial charge in [0.2, 0.25) is 0 Å². The van der Waals surface area contributed by atoms with Gasteiger partial charge in [0, 0.05) is 31.5 Å². The summed E-state index contributed by atoms with van der Waals surface area (Å²) in [7, 11) is 0. The van der Waals surface area contributed by atoms with E-state index in [1.54, 1.807) is 4.90 Å². The number of nitrogens with one attached hydrogen (secondary N) is 1. The normalized spacial score (nSPS) is 17.3. The maximum absolute atomic E-state index is 13.8. The number of halogens is 2. The molecule has 1 aromatic carbocycles. The number of benzene rings is 1. The molecule has 1 atom stereocenters. The summed E-state index contributed by atoms with van der Waals surface area (Å²) in [5, 5.41) is 12.1. The van der Waals surface area contributed by atoms with Crippen LogP contribution in [-0.2, 0) is 0 Å². The predicted octanol–water partition coefficient (Wildman–Crippen LogP) is 2.32. The zero-order chi connectivity index (χ0) is 15.5. The quantitative estimate of drug-likeness (QED) is 0.942. The molecule has 22 heavy (non-hydrogen) atoms. The van der Waals surface area contributed by atoms with Crippen molar-refractivity contribution in [3.05, 3.63) is 47.9 Å². The molecule has 0 amide bonds. The fourth-order valence-corrected chi connectivity index (χ4v) is 2.59. The van der Waals surface area contributed by atoms with E-state index in [1.165, 1.54) is 30.6 Å². The Morgan fingerprint density at radius 1 is 1.23 bits per heavy atom. The maximum atomic E-state index is 13.8. The molecule has 2 aromatic rings. The summed E-state index contributed by atoms with van der Waals surface area (Å²) in [6.45, 7) is 0.955. The van der Waals surface area contributed by atoms with Gasteiger partial charge in [-0.1, -0.05) is 6.07 Å². The largest absolute Gasteiger partial charge is 0.365 e. The van der Waals surface area contributed by atoms with Crippen LogP contribution in [0, 0.1) is 23.0 Å². The maximum Gasteiger partial charge on any atom is 0.182 e. The lowest BCUT2D eigenvalue weighted by Crippen LogP contribution is -2.28. The van der Waals surface area contributed by atoms with Gasteiger partial charge in [0.05, 0.1) is 0 Å². The number of hydrogen-bond acceptors (Lipinski definition) is 5. The molecule has 1 aliphatic rings. The number of hydrogen-bond donors (Lipinski definition) is 1. The first-order valence-corrected chi connectivity index (χ1v) is 6.85. The van der Waals surface area contributed by atoms with Gasteiger partial charge >= 0.3 is 0 Å². The summed E-state index contributed by atoms with van der Waals surface area (Å²) in [6.07, 6.45) is 3.63. The molecular weight excluding hydrogens is 288 g/mol. The Morgan fingerprint density at radius 3 is 2.68 bits per heavy atom. The lowest BCUT2D eigenvalue weighted by Gasteiger charge is -2.20. The fourth-order valence-electron chi connectivity index (χ4n) is 2.59. The third-order valence-electron chi connectivity index (χ3n) is 3.59. The van der Waals surface area contributed by atoms with Crippen LogP contribution in [0.3, 0.4) is 0 Å². The fraction of sp³-hybridized carbons (Fsp3) is 0.267. The van der Waals surface area contributed by atoms with Crippen LogP contribution >= 0.6 is 0 Å². The van der Waals surface area contributed by atoms with Gasteiger partial charge in [-0.05, 0) is 18.6 Å². The lowest BCUT2D eigenvalue weighted by molar-refractivity contribution is 0.577. The van der Waals surface area contributed by atoms with Gasteiger partial charge in [0.15, 0.2) is 11.5 Å². The first-order chi connectivity index (χ1) is 10.7. The summed E-state index contributed by atoms with van der Waals surface area (Å²) in [5.74, 6) is -0.749. The number of nitrogens with zero attached hydrogens (tertiary/aromatic N) is 4. The molecule has 1 aliphatic heterocycles. The van der Waals surface area contributed by atoms with Crippen LogP contribution in [0.15, 0.2) is 30.6 Å². The standard InChI is InChI=1S/C15H13F2N5/c16-11-2-1-3-12(17)14(11)22-7-4-10(9-22)21-15-13(8-18)19-5-6-20-15/h1-3,5-6,10H,4,7,9H2,(H,20,21)/t10-/m0/s1. The second-order valence-corrected chi connectivity index (χ2v) is 5.01. The molecule has 1 N–H and O–H groups in total. The molecule has 1 fully saturated rings. The lowest BCUT2D eigenvalue weighted by atomic mass is 10.2. The van der Waals surface area contributed by atoms with Crippen molar-refractivity contribution < 1.29 is 8.78 Å². The molecule has 7 heteroatoms. The summed E-state index contributed by atoms with van der Waals surface area (Å²) < 4.78 is 27.6. The van der Waals surface area contributed by atoms with E-state index in [0.717, 1.165) is 0 Å². The molecule has 0 radical (unpaired) electrons. The smallest absolute Gasteiger partial charge is 0.182 e. The molecule has 2 heterocycles. The highest BCUT2D eigenvalue weighted by Gasteiger charge is 2.27. The minimum Gasteiger partial charge on any atom is -0.365 e. The number of aromatic nitrogens is 2. The van der Waals surface area contributed by atoms with Crippen LogP contribution in [0.5, 0.6) is 0 Å². The second-order valence-electron chi connectivity index (χ2n) is 5.01. The highest BCUT2D eigenvalue weighted by atomic mass is 19.1. The van der Waals surface area contributed by atoms with Gasteiger partial charge in [-0.15, -0.1) is 0 Å². The summed E-state index contributed by atoms with van der Waals surface area (Å²) in [6, 6.07) is 5.75. The third-order valence-corrected chi connectivity index (χ3v) is 3.59. The van der Waals surface area contributed by atoms with Crippen LogP contribution in [0.4, 0.5) is 20.3 Å². The van der Waals surface area contributed by atoms with Crippen molar-refractivity contribution in [2.24, 2.45) is 0 Å². The average molecular weight is 301 g/mol. The van der Waals surface area contributed by atoms with Crippen molar-refractivity contribution in [2.45, 2.75) is 12.5 Å². The number of rotatable bonds is 3. The van der Waals surface area contributed by atoms with Crippen molar-refractivity contribution in [3.8, 4) is 6.07 Å². The van der Waals surface area contributed by atoms with E-state index < -0.39 is 11.6 Å². The SMILES string of the molecule is N#Cc1nccnc1N[C@H]1CCN(c2c(F)cccc2F)C1. The Labute approximate surface area is 126 Å². The predicted molar refractivity (Wildman–Crippen MR) is 77.3 cm³/mol. The minimum atomic E-state index is -0.571. The van der Waals surface area contributed by atoms with Gasteiger partial charge in [-0.25, -0.2) is 18.7 Å². The topological polar surface area (TPSA) is 64.8 Å². The van der Waals surface area contributed by atoms with E-state index in [0.29, 0.717) is 25.3 Å². The Morgan fingerprint density at radius 2 is 1.95 bits per heavy atom. The van der Waals surface area contributed by atoms with E-state index >= 15 is 0 Å². The molecule has 5 nitrogen and oxygen atoms in total. The van der Waals surface area contributed by atoms with E-state index in [4.69, 9.17) is 5.26 Å². The van der Waals surface area contributed by atoms with Crippen molar-refractivity contribution in [3.63, 3.8) is 0 Å². The van der Waals surface area contributed by atoms with Crippen LogP contribution < -0.4 is 10.2 Å². The minimum absolute atomic E-state index is 0.00791. The summed E-state index contributed by atoms with van der Waals surface area (Å²) in [5.41, 5.74) is 0.199. The Hall–Kier alpha value is -2.75. The highest BCUT2D eigenvalue weighted by molar-refractivity contribution is 5.52. The molecule has 0 unspecified atom stereocenters. The van der Waals surface area contributed by atoms with Crippen molar-refractivity contribution in [2.75, 3.05) is 23.3 Å². The van der Waals surface area contributed by atoms with Crippen LogP contribution in [0.25, 0.3) is 0 Å². The van der Waals surface area contributed by atoms with Gasteiger partial charge < -0.3 is 10.2 Å². The molecule has 0 spiro atoms. The Bertz CT molecular complexity index is 708. The Kier molecular flexibility index (Phi) is 3.83. The molecule has 1 saturated heterocycles. The van der Waals surface area contributed by atoms with E-state index in [2.05, 4.69) is 15.3 Å². The first kappa shape index (κ1) is 14.2. The van der Waals surface area contributed by atoms with Gasteiger partial charge in [0.1, 0.15) is 23.4 Å². The van der Waals surface area contributed by atoms with Crippen molar-refractivity contribution in [1.29, 1.82) is 5.26 Å². The summed E-state index contributed by atoms with van der Waals surface area (Å²) in [4.78, 5) is 9.67. The van der Waals surface area contributed by atoms with Crippen molar-refractivity contribution >= 4 is 11.5 Å². The van der Waals surface area contributed by atoms with Crippen LogP contribution in [0.2, 0.25) is 0 Å². The molecule has 0 bridgehead atoms. The zero-order valence-electron chi connectivity index (χ0n) is 11.6. The number of para-hydroxylation sites is 1. The van der Waals surface area contributed by atoms with Gasteiger partial charge in [0.25, 0.3) is 0 Å². The highest BCUT2D eigenvalue weighted by Crippen LogP contribution is 2.27. The summed E-state index contributed by atoms with van der Waals surface area (Å²) >= 11 is 0. The number of nitriles is 1. The molecule has 0 aliphatic carbocycles. The van der Waals surface area contributed by atoms with E-state index in [9.17, 15) is 8.78 Å². The Balaban J connectivity index is 1.74. The second kappa shape index (κ2) is 5.93. The molecule has 112 valence electrons. The van der Waals surface area contributed by atoms with Gasteiger partial charge in [-0.3, -0.25) is 0 Å². The third kappa shape index (κ3) is 2.68. The monoisotopic (exact) mass is 301 g/mol. The van der Waals surface area contributed by atoms with Crippen molar-refractivity contribution in [1.82, 2.24) is 9.97 Å². The molecule has 0 saturated carbocycles. The van der Waals surface area contributed by atoms with Gasteiger partial charge in [-0.2, -0.15) is 5.26 Å². The molecule has 1 aromatic heterocycles.